The zero-order valence-corrected chi connectivity index (χ0v) is 11.1. The Morgan fingerprint density at radius 2 is 2.15 bits per heavy atom. The molecule has 1 saturated heterocycles. The van der Waals surface area contributed by atoms with Crippen LogP contribution in [0.4, 0.5) is 11.6 Å². The number of carbonyl (C=O) groups is 1. The Labute approximate surface area is 116 Å². The summed E-state index contributed by atoms with van der Waals surface area (Å²) in [5.74, 6) is 0.245. The molecule has 2 aromatic rings. The zero-order valence-electron chi connectivity index (χ0n) is 11.1. The van der Waals surface area contributed by atoms with E-state index in [1.165, 1.54) is 0 Å². The molecule has 3 rings (SSSR count). The van der Waals surface area contributed by atoms with E-state index in [0.717, 1.165) is 44.1 Å². The summed E-state index contributed by atoms with van der Waals surface area (Å²) in [6.45, 7) is 3.73. The molecule has 6 N–H and O–H groups in total. The average molecular weight is 274 g/mol. The van der Waals surface area contributed by atoms with Crippen LogP contribution in [0, 0.1) is 0 Å². The van der Waals surface area contributed by atoms with Crippen molar-refractivity contribution in [3.63, 3.8) is 0 Å². The molecule has 1 amide bonds. The average Bonchev–Trinajstić information content (AvgIpc) is 2.65. The fourth-order valence-electron chi connectivity index (χ4n) is 2.52. The first-order valence-corrected chi connectivity index (χ1v) is 6.70. The number of nitrogens with zero attached hydrogens (tertiary/aromatic N) is 2. The number of aromatic nitrogens is 2. The number of hydrogen-bond donors (Lipinski definition) is 4. The zero-order chi connectivity index (χ0) is 14.1. The summed E-state index contributed by atoms with van der Waals surface area (Å²) >= 11 is 0. The molecule has 1 aromatic heterocycles. The molecule has 7 nitrogen and oxygen atoms in total. The first kappa shape index (κ1) is 12.7. The smallest absolute Gasteiger partial charge is 0.251 e. The Morgan fingerprint density at radius 1 is 1.30 bits per heavy atom. The first-order chi connectivity index (χ1) is 9.65. The van der Waals surface area contributed by atoms with E-state index < -0.39 is 5.91 Å². The van der Waals surface area contributed by atoms with Crippen LogP contribution < -0.4 is 21.7 Å². The minimum Gasteiger partial charge on any atom is -0.399 e. The van der Waals surface area contributed by atoms with Crippen molar-refractivity contribution in [2.75, 3.05) is 36.8 Å². The molecular formula is C13H18N6O. The van der Waals surface area contributed by atoms with Crippen molar-refractivity contribution in [3.8, 4) is 0 Å². The maximum Gasteiger partial charge on any atom is 0.251 e. The number of nitrogens with one attached hydrogen (secondary N) is 2. The van der Waals surface area contributed by atoms with Crippen LogP contribution in [-0.4, -0.2) is 42.1 Å². The number of anilines is 2. The predicted octanol–water partition coefficient (Wildman–Crippen LogP) is 0.0437. The number of benzene rings is 1. The van der Waals surface area contributed by atoms with Gasteiger partial charge in [0.25, 0.3) is 5.91 Å². The van der Waals surface area contributed by atoms with Crippen LogP contribution in [0.15, 0.2) is 12.1 Å². The lowest BCUT2D eigenvalue weighted by Crippen LogP contribution is -2.28. The van der Waals surface area contributed by atoms with E-state index >= 15 is 0 Å². The van der Waals surface area contributed by atoms with Crippen molar-refractivity contribution in [2.45, 2.75) is 6.42 Å². The van der Waals surface area contributed by atoms with Crippen LogP contribution in [-0.2, 0) is 0 Å². The number of aromatic amines is 1. The molecule has 0 radical (unpaired) electrons. The lowest BCUT2D eigenvalue weighted by Gasteiger charge is -2.18. The highest BCUT2D eigenvalue weighted by atomic mass is 16.1. The molecule has 0 bridgehead atoms. The van der Waals surface area contributed by atoms with Gasteiger partial charge in [-0.2, -0.15) is 0 Å². The van der Waals surface area contributed by atoms with Crippen molar-refractivity contribution >= 4 is 28.6 Å². The summed E-state index contributed by atoms with van der Waals surface area (Å²) in [6, 6.07) is 3.34. The van der Waals surface area contributed by atoms with Crippen LogP contribution in [0.1, 0.15) is 16.8 Å². The van der Waals surface area contributed by atoms with Crippen LogP contribution >= 0.6 is 0 Å². The van der Waals surface area contributed by atoms with Crippen LogP contribution in [0.5, 0.6) is 0 Å². The maximum atomic E-state index is 11.5. The van der Waals surface area contributed by atoms with Gasteiger partial charge < -0.3 is 26.7 Å². The molecule has 20 heavy (non-hydrogen) atoms. The molecule has 1 fully saturated rings. The summed E-state index contributed by atoms with van der Waals surface area (Å²) in [5.41, 5.74) is 13.4. The maximum absolute atomic E-state index is 11.5. The molecule has 1 aromatic carbocycles. The first-order valence-electron chi connectivity index (χ1n) is 6.70. The molecule has 0 spiro atoms. The van der Waals surface area contributed by atoms with Crippen molar-refractivity contribution in [1.29, 1.82) is 0 Å². The largest absolute Gasteiger partial charge is 0.399 e. The predicted molar refractivity (Wildman–Crippen MR) is 78.7 cm³/mol. The van der Waals surface area contributed by atoms with E-state index in [0.29, 0.717) is 16.8 Å². The third kappa shape index (κ3) is 2.27. The van der Waals surface area contributed by atoms with Crippen molar-refractivity contribution in [1.82, 2.24) is 15.3 Å². The van der Waals surface area contributed by atoms with Crippen molar-refractivity contribution in [2.24, 2.45) is 5.73 Å². The number of fused-ring (bicyclic) bond motifs is 1. The molecule has 0 atom stereocenters. The van der Waals surface area contributed by atoms with Gasteiger partial charge >= 0.3 is 0 Å². The standard InChI is InChI=1S/C13H18N6O/c14-8-6-9(12(15)20)11-10(7-8)17-13(18-11)19-4-1-2-16-3-5-19/h6-7,16H,1-5,14H2,(H2,15,20)(H,17,18). The molecular weight excluding hydrogens is 256 g/mol. The van der Waals surface area contributed by atoms with Crippen LogP contribution in [0.3, 0.4) is 0 Å². The summed E-state index contributed by atoms with van der Waals surface area (Å²) in [6.07, 6.45) is 1.06. The number of rotatable bonds is 2. The third-order valence-corrected chi connectivity index (χ3v) is 3.50. The van der Waals surface area contributed by atoms with Gasteiger partial charge in [-0.25, -0.2) is 4.98 Å². The van der Waals surface area contributed by atoms with Gasteiger partial charge in [0.2, 0.25) is 5.95 Å². The SMILES string of the molecule is NC(=O)c1cc(N)cc2[nH]c(N3CCCNCC3)nc12. The molecule has 0 unspecified atom stereocenters. The number of hydrogen-bond acceptors (Lipinski definition) is 5. The van der Waals surface area contributed by atoms with Gasteiger partial charge in [0, 0.05) is 25.3 Å². The van der Waals surface area contributed by atoms with Gasteiger partial charge in [-0.1, -0.05) is 0 Å². The minimum atomic E-state index is -0.516. The Bertz CT molecular complexity index is 642. The monoisotopic (exact) mass is 274 g/mol. The lowest BCUT2D eigenvalue weighted by molar-refractivity contribution is 0.100. The van der Waals surface area contributed by atoms with E-state index in [1.54, 1.807) is 12.1 Å². The quantitative estimate of drug-likeness (QED) is 0.578. The summed E-state index contributed by atoms with van der Waals surface area (Å²) in [4.78, 5) is 21.4. The minimum absolute atomic E-state index is 0.357. The van der Waals surface area contributed by atoms with Gasteiger partial charge in [-0.3, -0.25) is 4.79 Å². The van der Waals surface area contributed by atoms with E-state index in [2.05, 4.69) is 20.2 Å². The second-order valence-corrected chi connectivity index (χ2v) is 4.98. The number of nitrogens with two attached hydrogens (primary N) is 2. The topological polar surface area (TPSA) is 113 Å². The number of carbonyl (C=O) groups excluding carboxylic acids is 1. The number of H-pyrrole nitrogens is 1. The van der Waals surface area contributed by atoms with Crippen LogP contribution in [0.25, 0.3) is 11.0 Å². The van der Waals surface area contributed by atoms with Crippen molar-refractivity contribution < 1.29 is 4.79 Å². The fraction of sp³-hybridized carbons (Fsp3) is 0.385. The Hall–Kier alpha value is -2.28. The number of primary amides is 1. The Balaban J connectivity index is 2.05. The van der Waals surface area contributed by atoms with Gasteiger partial charge in [-0.05, 0) is 25.1 Å². The van der Waals surface area contributed by atoms with E-state index in [1.807, 2.05) is 0 Å². The summed E-state index contributed by atoms with van der Waals surface area (Å²) in [7, 11) is 0. The highest BCUT2D eigenvalue weighted by Gasteiger charge is 2.17. The second kappa shape index (κ2) is 5.01. The summed E-state index contributed by atoms with van der Waals surface area (Å²) in [5, 5.41) is 3.34. The molecule has 106 valence electrons. The highest BCUT2D eigenvalue weighted by Crippen LogP contribution is 2.24. The van der Waals surface area contributed by atoms with Crippen LogP contribution in [0.2, 0.25) is 0 Å². The van der Waals surface area contributed by atoms with E-state index in [4.69, 9.17) is 11.5 Å². The van der Waals surface area contributed by atoms with Gasteiger partial charge in [-0.15, -0.1) is 0 Å². The molecule has 2 heterocycles. The van der Waals surface area contributed by atoms with Crippen molar-refractivity contribution in [3.05, 3.63) is 17.7 Å². The van der Waals surface area contributed by atoms with Gasteiger partial charge in [0.05, 0.1) is 11.1 Å². The normalized spacial score (nSPS) is 16.3. The Morgan fingerprint density at radius 3 is 2.95 bits per heavy atom. The fourth-order valence-corrected chi connectivity index (χ4v) is 2.52. The number of amides is 1. The lowest BCUT2D eigenvalue weighted by atomic mass is 10.1. The molecule has 0 aliphatic carbocycles. The summed E-state index contributed by atoms with van der Waals surface area (Å²) < 4.78 is 0. The molecule has 1 aliphatic rings. The molecule has 7 heteroatoms. The molecule has 0 saturated carbocycles. The Kier molecular flexibility index (Phi) is 3.19. The second-order valence-electron chi connectivity index (χ2n) is 4.98. The van der Waals surface area contributed by atoms with Gasteiger partial charge in [0.15, 0.2) is 0 Å². The van der Waals surface area contributed by atoms with Gasteiger partial charge in [0.1, 0.15) is 5.52 Å². The third-order valence-electron chi connectivity index (χ3n) is 3.50. The van der Waals surface area contributed by atoms with E-state index in [9.17, 15) is 4.79 Å². The number of imidazole rings is 1. The highest BCUT2D eigenvalue weighted by molar-refractivity contribution is 6.05. The molecule has 1 aliphatic heterocycles. The number of nitrogen functional groups attached to an aromatic ring is 1. The van der Waals surface area contributed by atoms with E-state index in [-0.39, 0.29) is 0 Å².